The van der Waals surface area contributed by atoms with Crippen molar-refractivity contribution in [2.75, 3.05) is 26.0 Å². The molecule has 3 N–H and O–H groups in total. The summed E-state index contributed by atoms with van der Waals surface area (Å²) in [6.45, 7) is 0.0150. The van der Waals surface area contributed by atoms with Crippen LogP contribution in [0.2, 0.25) is 0 Å². The van der Waals surface area contributed by atoms with Crippen LogP contribution in [0, 0.1) is 0 Å². The Hall–Kier alpha value is -3.90. The van der Waals surface area contributed by atoms with Crippen molar-refractivity contribution in [3.8, 4) is 16.9 Å². The first kappa shape index (κ1) is 35.9. The van der Waals surface area contributed by atoms with Gasteiger partial charge < -0.3 is 14.8 Å². The number of aromatic nitrogens is 1. The molecule has 11 nitrogen and oxygen atoms in total. The molecule has 17 heteroatoms. The van der Waals surface area contributed by atoms with Crippen LogP contribution in [-0.2, 0) is 35.1 Å². The fourth-order valence-corrected chi connectivity index (χ4v) is 8.10. The fraction of sp³-hybridized carbons (Fsp3) is 0.300. The maximum Gasteiger partial charge on any atom is 0.573 e. The SMILES string of the molecule is COCCCC(=O)c1ccc(-c2ccc3nc(C(C(=O)NCCS(N)(=O)=O)S(=O)(=O)Cc4ccc(OC(F)(F)F)cc4)sc3c2)cc1. The summed E-state index contributed by atoms with van der Waals surface area (Å²) in [5.74, 6) is -3.01. The molecule has 47 heavy (non-hydrogen) atoms. The smallest absolute Gasteiger partial charge is 0.406 e. The van der Waals surface area contributed by atoms with E-state index in [2.05, 4.69) is 15.0 Å². The zero-order valence-electron chi connectivity index (χ0n) is 24.8. The molecule has 1 heterocycles. The zero-order chi connectivity index (χ0) is 34.4. The molecule has 0 spiro atoms. The number of amides is 1. The average molecular weight is 714 g/mol. The van der Waals surface area contributed by atoms with Crippen molar-refractivity contribution in [2.24, 2.45) is 5.14 Å². The van der Waals surface area contributed by atoms with Crippen LogP contribution in [0.1, 0.15) is 39.0 Å². The number of thiazole rings is 1. The lowest BCUT2D eigenvalue weighted by Crippen LogP contribution is -2.37. The number of sulfonamides is 1. The fourth-order valence-electron chi connectivity index (χ4n) is 4.55. The van der Waals surface area contributed by atoms with Crippen molar-refractivity contribution >= 4 is 53.1 Å². The number of methoxy groups -OCH3 is 1. The van der Waals surface area contributed by atoms with Gasteiger partial charge in [-0.15, -0.1) is 24.5 Å². The van der Waals surface area contributed by atoms with Gasteiger partial charge in [0.1, 0.15) is 10.8 Å². The third-order valence-electron chi connectivity index (χ3n) is 6.73. The van der Waals surface area contributed by atoms with Crippen LogP contribution in [0.4, 0.5) is 13.2 Å². The molecule has 1 amide bonds. The maximum absolute atomic E-state index is 13.7. The summed E-state index contributed by atoms with van der Waals surface area (Å²) < 4.78 is 97.1. The quantitative estimate of drug-likeness (QED) is 0.133. The summed E-state index contributed by atoms with van der Waals surface area (Å²) >= 11 is 0.942. The number of carbonyl (C=O) groups excluding carboxylic acids is 2. The molecule has 3 aromatic carbocycles. The van der Waals surface area contributed by atoms with Crippen LogP contribution < -0.4 is 15.2 Å². The van der Waals surface area contributed by atoms with Gasteiger partial charge in [-0.1, -0.05) is 42.5 Å². The van der Waals surface area contributed by atoms with E-state index in [0.717, 1.165) is 46.7 Å². The highest BCUT2D eigenvalue weighted by Crippen LogP contribution is 2.35. The number of benzene rings is 3. The molecule has 0 saturated heterocycles. The molecule has 1 unspecified atom stereocenters. The second kappa shape index (κ2) is 14.9. The second-order valence-corrected chi connectivity index (χ2v) is 15.3. The van der Waals surface area contributed by atoms with Gasteiger partial charge >= 0.3 is 6.36 Å². The van der Waals surface area contributed by atoms with Crippen LogP contribution in [0.5, 0.6) is 5.75 Å². The van der Waals surface area contributed by atoms with E-state index < -0.39 is 61.2 Å². The van der Waals surface area contributed by atoms with Gasteiger partial charge in [0.05, 0.1) is 21.7 Å². The topological polar surface area (TPSA) is 172 Å². The largest absolute Gasteiger partial charge is 0.573 e. The summed E-state index contributed by atoms with van der Waals surface area (Å²) in [5, 5.41) is 5.31. The summed E-state index contributed by atoms with van der Waals surface area (Å²) in [5.41, 5.74) is 2.54. The van der Waals surface area contributed by atoms with Gasteiger partial charge in [-0.25, -0.2) is 27.0 Å². The number of hydrogen-bond donors (Lipinski definition) is 2. The highest BCUT2D eigenvalue weighted by Gasteiger charge is 2.37. The Morgan fingerprint density at radius 1 is 0.979 bits per heavy atom. The Morgan fingerprint density at radius 3 is 2.26 bits per heavy atom. The molecule has 0 saturated carbocycles. The molecule has 252 valence electrons. The zero-order valence-corrected chi connectivity index (χ0v) is 27.3. The summed E-state index contributed by atoms with van der Waals surface area (Å²) in [7, 11) is -6.82. The van der Waals surface area contributed by atoms with Crippen molar-refractivity contribution < 1.29 is 49.1 Å². The van der Waals surface area contributed by atoms with E-state index in [4.69, 9.17) is 9.88 Å². The maximum atomic E-state index is 13.7. The normalized spacial score (nSPS) is 13.0. The Bertz CT molecular complexity index is 1950. The predicted octanol–water partition coefficient (Wildman–Crippen LogP) is 4.53. The van der Waals surface area contributed by atoms with Gasteiger partial charge in [0, 0.05) is 32.2 Å². The van der Waals surface area contributed by atoms with E-state index in [1.807, 2.05) is 0 Å². The second-order valence-electron chi connectivity index (χ2n) is 10.4. The van der Waals surface area contributed by atoms with Crippen molar-refractivity contribution in [2.45, 2.75) is 30.2 Å². The minimum absolute atomic E-state index is 0.0173. The number of nitrogens with one attached hydrogen (secondary N) is 1. The van der Waals surface area contributed by atoms with Gasteiger partial charge in [0.2, 0.25) is 15.9 Å². The molecular weight excluding hydrogens is 684 g/mol. The van der Waals surface area contributed by atoms with Gasteiger partial charge in [-0.3, -0.25) is 9.59 Å². The number of halogens is 3. The number of nitrogens with zero attached hydrogens (tertiary/aromatic N) is 1. The standard InChI is InChI=1S/C30H30F3N3O8S3/c1-43-15-2-3-25(37)21-8-6-20(7-9-21)22-10-13-24-26(17-22)45-29(36-24)27(28(38)35-14-16-47(34,41)42)46(39,40)18-19-4-11-23(12-5-19)44-30(31,32)33/h4-13,17,27H,2-3,14-16,18H2,1H3,(H,35,38)(H2,34,41,42). The minimum Gasteiger partial charge on any atom is -0.406 e. The highest BCUT2D eigenvalue weighted by molar-refractivity contribution is 7.91. The van der Waals surface area contributed by atoms with Gasteiger partial charge in [-0.2, -0.15) is 0 Å². The third-order valence-corrected chi connectivity index (χ3v) is 10.6. The number of ether oxygens (including phenoxy) is 2. The van der Waals surface area contributed by atoms with Gasteiger partial charge in [0.25, 0.3) is 0 Å². The Balaban J connectivity index is 1.62. The van der Waals surface area contributed by atoms with E-state index in [1.165, 1.54) is 0 Å². The summed E-state index contributed by atoms with van der Waals surface area (Å²) in [6.07, 6.45) is -3.99. The molecule has 0 fully saturated rings. The van der Waals surface area contributed by atoms with E-state index in [-0.39, 0.29) is 16.4 Å². The molecule has 0 aliphatic carbocycles. The summed E-state index contributed by atoms with van der Waals surface area (Å²) in [6, 6.07) is 16.3. The monoisotopic (exact) mass is 713 g/mol. The van der Waals surface area contributed by atoms with Crippen molar-refractivity contribution in [1.29, 1.82) is 0 Å². The van der Waals surface area contributed by atoms with E-state index in [0.29, 0.717) is 35.2 Å². The van der Waals surface area contributed by atoms with Crippen LogP contribution in [-0.4, -0.2) is 65.9 Å². The van der Waals surface area contributed by atoms with E-state index in [9.17, 15) is 39.6 Å². The molecule has 0 aliphatic heterocycles. The first-order valence-electron chi connectivity index (χ1n) is 13.9. The van der Waals surface area contributed by atoms with E-state index >= 15 is 0 Å². The highest BCUT2D eigenvalue weighted by atomic mass is 32.2. The van der Waals surface area contributed by atoms with Gasteiger partial charge in [-0.05, 0) is 47.4 Å². The Morgan fingerprint density at radius 2 is 1.64 bits per heavy atom. The number of Topliss-reactive ketones (excluding diaryl/α,β-unsaturated/α-hetero) is 1. The lowest BCUT2D eigenvalue weighted by atomic mass is 10.0. The van der Waals surface area contributed by atoms with Crippen LogP contribution >= 0.6 is 11.3 Å². The predicted molar refractivity (Wildman–Crippen MR) is 170 cm³/mol. The lowest BCUT2D eigenvalue weighted by molar-refractivity contribution is -0.274. The molecule has 4 rings (SSSR count). The molecule has 1 aromatic heterocycles. The molecule has 0 aliphatic rings. The molecule has 1 atom stereocenters. The molecule has 4 aromatic rings. The first-order valence-corrected chi connectivity index (χ1v) is 18.2. The first-order chi connectivity index (χ1) is 22.0. The Kier molecular flexibility index (Phi) is 11.4. The number of primary sulfonamides is 1. The van der Waals surface area contributed by atoms with Crippen molar-refractivity contribution in [3.63, 3.8) is 0 Å². The molecule has 0 radical (unpaired) electrons. The number of rotatable bonds is 15. The number of ketones is 1. The average Bonchev–Trinajstić information content (AvgIpc) is 3.39. The minimum atomic E-state index is -4.94. The molecule has 0 bridgehead atoms. The van der Waals surface area contributed by atoms with Gasteiger partial charge in [0.15, 0.2) is 20.9 Å². The van der Waals surface area contributed by atoms with Crippen LogP contribution in [0.15, 0.2) is 66.7 Å². The number of sulfone groups is 1. The third kappa shape index (κ3) is 10.3. The van der Waals surface area contributed by atoms with Crippen molar-refractivity contribution in [1.82, 2.24) is 10.3 Å². The van der Waals surface area contributed by atoms with Crippen LogP contribution in [0.3, 0.4) is 0 Å². The van der Waals surface area contributed by atoms with Crippen LogP contribution in [0.25, 0.3) is 21.3 Å². The lowest BCUT2D eigenvalue weighted by Gasteiger charge is -2.16. The molecular formula is C30H30F3N3O8S3. The Labute approximate surface area is 272 Å². The number of fused-ring (bicyclic) bond motifs is 1. The van der Waals surface area contributed by atoms with Crippen molar-refractivity contribution in [3.05, 3.63) is 82.9 Å². The van der Waals surface area contributed by atoms with E-state index in [1.54, 1.807) is 49.6 Å². The number of nitrogens with two attached hydrogens (primary N) is 1. The number of carbonyl (C=O) groups is 2. The number of alkyl halides is 3. The summed E-state index contributed by atoms with van der Waals surface area (Å²) in [4.78, 5) is 30.1. The number of hydrogen-bond acceptors (Lipinski definition) is 10.